The first-order valence-corrected chi connectivity index (χ1v) is 6.06. The van der Waals surface area contributed by atoms with Crippen LogP contribution in [0.1, 0.15) is 19.3 Å². The van der Waals surface area contributed by atoms with Crippen LogP contribution in [0.3, 0.4) is 0 Å². The van der Waals surface area contributed by atoms with E-state index in [1.165, 1.54) is 18.2 Å². The van der Waals surface area contributed by atoms with Crippen LogP contribution in [0.15, 0.2) is 24.3 Å². The van der Waals surface area contributed by atoms with E-state index >= 15 is 0 Å². The van der Waals surface area contributed by atoms with Crippen molar-refractivity contribution in [3.8, 4) is 0 Å². The monoisotopic (exact) mass is 266 g/mol. The fourth-order valence-electron chi connectivity index (χ4n) is 2.00. The predicted octanol–water partition coefficient (Wildman–Crippen LogP) is 1.36. The molecule has 0 heterocycles. The molecule has 0 aliphatic heterocycles. The summed E-state index contributed by atoms with van der Waals surface area (Å²) in [5.41, 5.74) is -0.903. The number of halogens is 1. The summed E-state index contributed by atoms with van der Waals surface area (Å²) in [4.78, 5) is 22.7. The predicted molar refractivity (Wildman–Crippen MR) is 67.3 cm³/mol. The molecule has 1 aromatic rings. The number of carboxylic acids is 1. The van der Waals surface area contributed by atoms with Crippen molar-refractivity contribution >= 4 is 17.6 Å². The summed E-state index contributed by atoms with van der Waals surface area (Å²) >= 11 is 0. The van der Waals surface area contributed by atoms with Crippen LogP contribution in [0.25, 0.3) is 0 Å². The molecule has 1 saturated carbocycles. The average Bonchev–Trinajstić information content (AvgIpc) is 2.30. The van der Waals surface area contributed by atoms with Crippen LogP contribution in [0.4, 0.5) is 10.1 Å². The Morgan fingerprint density at radius 2 is 2.00 bits per heavy atom. The Hall–Kier alpha value is -1.95. The second-order valence-corrected chi connectivity index (χ2v) is 4.62. The van der Waals surface area contributed by atoms with E-state index in [4.69, 9.17) is 5.11 Å². The van der Waals surface area contributed by atoms with Gasteiger partial charge in [0.2, 0.25) is 5.91 Å². The number of amides is 1. The molecule has 1 fully saturated rings. The summed E-state index contributed by atoms with van der Waals surface area (Å²) in [5, 5.41) is 14.2. The van der Waals surface area contributed by atoms with Gasteiger partial charge in [-0.05, 0) is 31.4 Å². The van der Waals surface area contributed by atoms with Gasteiger partial charge in [-0.15, -0.1) is 0 Å². The van der Waals surface area contributed by atoms with Crippen LogP contribution in [0.5, 0.6) is 0 Å². The Labute approximate surface area is 109 Å². The molecular formula is C13H15FN2O3. The molecule has 19 heavy (non-hydrogen) atoms. The topological polar surface area (TPSA) is 78.4 Å². The molecule has 3 N–H and O–H groups in total. The Morgan fingerprint density at radius 3 is 2.53 bits per heavy atom. The summed E-state index contributed by atoms with van der Waals surface area (Å²) in [7, 11) is 0. The van der Waals surface area contributed by atoms with Gasteiger partial charge in [0, 0.05) is 0 Å². The van der Waals surface area contributed by atoms with Crippen molar-refractivity contribution in [3.63, 3.8) is 0 Å². The Balaban J connectivity index is 1.89. The van der Waals surface area contributed by atoms with Gasteiger partial charge in [0.15, 0.2) is 0 Å². The van der Waals surface area contributed by atoms with E-state index in [0.29, 0.717) is 12.8 Å². The van der Waals surface area contributed by atoms with Gasteiger partial charge in [0.1, 0.15) is 11.4 Å². The normalized spacial score (nSPS) is 16.5. The van der Waals surface area contributed by atoms with Gasteiger partial charge < -0.3 is 10.4 Å². The third-order valence-corrected chi connectivity index (χ3v) is 3.35. The van der Waals surface area contributed by atoms with Crippen LogP contribution in [0, 0.1) is 5.82 Å². The Kier molecular flexibility index (Phi) is 3.80. The third-order valence-electron chi connectivity index (χ3n) is 3.35. The lowest BCUT2D eigenvalue weighted by Gasteiger charge is -2.38. The molecule has 0 unspecified atom stereocenters. The molecule has 2 rings (SSSR count). The number of anilines is 1. The fourth-order valence-corrected chi connectivity index (χ4v) is 2.00. The number of carbonyl (C=O) groups excluding carboxylic acids is 1. The van der Waals surface area contributed by atoms with Gasteiger partial charge in [-0.1, -0.05) is 12.1 Å². The lowest BCUT2D eigenvalue weighted by molar-refractivity contribution is -0.148. The minimum atomic E-state index is -0.993. The first kappa shape index (κ1) is 13.5. The molecule has 1 aliphatic carbocycles. The van der Waals surface area contributed by atoms with E-state index in [9.17, 15) is 14.0 Å². The van der Waals surface area contributed by atoms with E-state index in [1.807, 2.05) is 0 Å². The lowest BCUT2D eigenvalue weighted by Crippen LogP contribution is -2.58. The number of nitrogens with one attached hydrogen (secondary N) is 2. The van der Waals surface area contributed by atoms with E-state index in [0.717, 1.165) is 6.42 Å². The van der Waals surface area contributed by atoms with E-state index in [-0.39, 0.29) is 12.2 Å². The number of benzene rings is 1. The van der Waals surface area contributed by atoms with Crippen molar-refractivity contribution < 1.29 is 19.1 Å². The molecule has 102 valence electrons. The van der Waals surface area contributed by atoms with Gasteiger partial charge in [-0.3, -0.25) is 14.9 Å². The second kappa shape index (κ2) is 5.36. The molecule has 0 aromatic heterocycles. The lowest BCUT2D eigenvalue weighted by atomic mass is 9.77. The summed E-state index contributed by atoms with van der Waals surface area (Å²) < 4.78 is 13.3. The molecule has 1 aliphatic rings. The number of hydrogen-bond donors (Lipinski definition) is 3. The van der Waals surface area contributed by atoms with Crippen LogP contribution < -0.4 is 10.6 Å². The van der Waals surface area contributed by atoms with Crippen molar-refractivity contribution in [2.75, 3.05) is 11.9 Å². The maximum absolute atomic E-state index is 13.3. The van der Waals surface area contributed by atoms with E-state index in [2.05, 4.69) is 10.6 Å². The SMILES string of the molecule is O=C(CNC1(C(=O)O)CCC1)Nc1ccccc1F. The second-order valence-electron chi connectivity index (χ2n) is 4.62. The maximum atomic E-state index is 13.3. The van der Waals surface area contributed by atoms with Gasteiger partial charge in [-0.2, -0.15) is 0 Å². The number of carboxylic acid groups (broad SMARTS) is 1. The molecule has 0 saturated heterocycles. The number of rotatable bonds is 5. The largest absolute Gasteiger partial charge is 0.480 e. The third kappa shape index (κ3) is 2.90. The zero-order valence-corrected chi connectivity index (χ0v) is 10.3. The van der Waals surface area contributed by atoms with Gasteiger partial charge >= 0.3 is 5.97 Å². The summed E-state index contributed by atoms with van der Waals surface area (Å²) in [6, 6.07) is 5.82. The number of carbonyl (C=O) groups is 2. The van der Waals surface area contributed by atoms with Crippen molar-refractivity contribution in [2.45, 2.75) is 24.8 Å². The summed E-state index contributed by atoms with van der Waals surface area (Å²) in [6.45, 7) is -0.152. The van der Waals surface area contributed by atoms with Gasteiger partial charge in [0.25, 0.3) is 0 Å². The molecule has 0 bridgehead atoms. The highest BCUT2D eigenvalue weighted by Crippen LogP contribution is 2.31. The minimum Gasteiger partial charge on any atom is -0.480 e. The Morgan fingerprint density at radius 1 is 1.32 bits per heavy atom. The first-order chi connectivity index (χ1) is 9.03. The number of para-hydroxylation sites is 1. The molecular weight excluding hydrogens is 251 g/mol. The molecule has 1 aromatic carbocycles. The maximum Gasteiger partial charge on any atom is 0.323 e. The van der Waals surface area contributed by atoms with Crippen LogP contribution in [-0.2, 0) is 9.59 Å². The highest BCUT2D eigenvalue weighted by molar-refractivity contribution is 5.93. The number of hydrogen-bond acceptors (Lipinski definition) is 3. The average molecular weight is 266 g/mol. The highest BCUT2D eigenvalue weighted by Gasteiger charge is 2.44. The summed E-state index contributed by atoms with van der Waals surface area (Å²) in [5.74, 6) is -1.93. The van der Waals surface area contributed by atoms with Gasteiger partial charge in [-0.25, -0.2) is 4.39 Å². The van der Waals surface area contributed by atoms with Crippen LogP contribution in [-0.4, -0.2) is 29.1 Å². The fraction of sp³-hybridized carbons (Fsp3) is 0.385. The highest BCUT2D eigenvalue weighted by atomic mass is 19.1. The van der Waals surface area contributed by atoms with Crippen molar-refractivity contribution in [3.05, 3.63) is 30.1 Å². The van der Waals surface area contributed by atoms with Crippen molar-refractivity contribution in [2.24, 2.45) is 0 Å². The molecule has 5 nitrogen and oxygen atoms in total. The van der Waals surface area contributed by atoms with E-state index < -0.39 is 23.2 Å². The molecule has 0 atom stereocenters. The first-order valence-electron chi connectivity index (χ1n) is 6.06. The number of aliphatic carboxylic acids is 1. The standard InChI is InChI=1S/C13H15FN2O3/c14-9-4-1-2-5-10(9)16-11(17)8-15-13(12(18)19)6-3-7-13/h1-2,4-5,15H,3,6-8H2,(H,16,17)(H,18,19). The van der Waals surface area contributed by atoms with Crippen molar-refractivity contribution in [1.82, 2.24) is 5.32 Å². The summed E-state index contributed by atoms with van der Waals surface area (Å²) in [6.07, 6.45) is 1.85. The van der Waals surface area contributed by atoms with Crippen LogP contribution >= 0.6 is 0 Å². The molecule has 0 spiro atoms. The van der Waals surface area contributed by atoms with E-state index in [1.54, 1.807) is 6.07 Å². The zero-order valence-electron chi connectivity index (χ0n) is 10.3. The Bertz CT molecular complexity index is 500. The zero-order chi connectivity index (χ0) is 13.9. The molecule has 0 radical (unpaired) electrons. The molecule has 6 heteroatoms. The smallest absolute Gasteiger partial charge is 0.323 e. The quantitative estimate of drug-likeness (QED) is 0.752. The molecule has 1 amide bonds. The van der Waals surface area contributed by atoms with Gasteiger partial charge in [0.05, 0.1) is 12.2 Å². The minimum absolute atomic E-state index is 0.0901. The van der Waals surface area contributed by atoms with Crippen LogP contribution in [0.2, 0.25) is 0 Å². The van der Waals surface area contributed by atoms with Crippen molar-refractivity contribution in [1.29, 1.82) is 0 Å².